The molecule has 1 amide bonds. The molecule has 1 N–H and O–H groups in total. The SMILES string of the molecule is CCN(CC(=O)Nc1ccc(Oc2ccccc2Cl)cc1)C(C)CS(C)(=O)=O. The lowest BCUT2D eigenvalue weighted by Gasteiger charge is -2.26. The van der Waals surface area contributed by atoms with Gasteiger partial charge in [-0.25, -0.2) is 8.42 Å². The quantitative estimate of drug-likeness (QED) is 0.662. The fraction of sp³-hybridized carbons (Fsp3) is 0.350. The number of likely N-dealkylation sites (N-methyl/N-ethyl adjacent to an activating group) is 1. The van der Waals surface area contributed by atoms with E-state index in [0.29, 0.717) is 28.8 Å². The van der Waals surface area contributed by atoms with Crippen molar-refractivity contribution >= 4 is 33.0 Å². The molecule has 8 heteroatoms. The Morgan fingerprint density at radius 2 is 1.82 bits per heavy atom. The summed E-state index contributed by atoms with van der Waals surface area (Å²) in [6, 6.07) is 13.9. The fourth-order valence-corrected chi connectivity index (χ4v) is 4.03. The van der Waals surface area contributed by atoms with Crippen LogP contribution in [-0.2, 0) is 14.6 Å². The molecule has 0 saturated heterocycles. The average molecular weight is 425 g/mol. The van der Waals surface area contributed by atoms with Gasteiger partial charge in [-0.05, 0) is 49.9 Å². The number of halogens is 1. The topological polar surface area (TPSA) is 75.7 Å². The number of nitrogens with one attached hydrogen (secondary N) is 1. The molecule has 1 unspecified atom stereocenters. The van der Waals surface area contributed by atoms with Gasteiger partial charge in [0, 0.05) is 18.0 Å². The highest BCUT2D eigenvalue weighted by atomic mass is 35.5. The first-order chi connectivity index (χ1) is 13.2. The number of nitrogens with zero attached hydrogens (tertiary/aromatic N) is 1. The highest BCUT2D eigenvalue weighted by Crippen LogP contribution is 2.29. The van der Waals surface area contributed by atoms with Crippen LogP contribution in [0.1, 0.15) is 13.8 Å². The second-order valence-electron chi connectivity index (χ2n) is 6.61. The van der Waals surface area contributed by atoms with Gasteiger partial charge in [0.1, 0.15) is 21.3 Å². The minimum Gasteiger partial charge on any atom is -0.456 e. The molecule has 0 saturated carbocycles. The minimum absolute atomic E-state index is 0.0161. The van der Waals surface area contributed by atoms with Gasteiger partial charge in [0.25, 0.3) is 0 Å². The van der Waals surface area contributed by atoms with E-state index in [1.54, 1.807) is 43.3 Å². The number of hydrogen-bond donors (Lipinski definition) is 1. The summed E-state index contributed by atoms with van der Waals surface area (Å²) >= 11 is 6.08. The molecule has 0 aromatic heterocycles. The molecule has 2 aromatic rings. The van der Waals surface area contributed by atoms with Crippen LogP contribution in [0.2, 0.25) is 5.02 Å². The number of benzene rings is 2. The Labute approximate surface area is 171 Å². The first-order valence-corrected chi connectivity index (χ1v) is 11.4. The lowest BCUT2D eigenvalue weighted by molar-refractivity contribution is -0.117. The highest BCUT2D eigenvalue weighted by molar-refractivity contribution is 7.90. The summed E-state index contributed by atoms with van der Waals surface area (Å²) in [5.41, 5.74) is 0.628. The van der Waals surface area contributed by atoms with Gasteiger partial charge in [0.2, 0.25) is 5.91 Å². The minimum atomic E-state index is -3.10. The van der Waals surface area contributed by atoms with Crippen LogP contribution in [-0.4, -0.2) is 50.4 Å². The first kappa shape index (κ1) is 22.2. The molecule has 0 aliphatic heterocycles. The largest absolute Gasteiger partial charge is 0.456 e. The normalized spacial score (nSPS) is 12.6. The van der Waals surface area contributed by atoms with Gasteiger partial charge < -0.3 is 10.1 Å². The van der Waals surface area contributed by atoms with Gasteiger partial charge in [-0.3, -0.25) is 9.69 Å². The average Bonchev–Trinajstić information content (AvgIpc) is 2.61. The van der Waals surface area contributed by atoms with Crippen LogP contribution >= 0.6 is 11.6 Å². The molecule has 0 aliphatic carbocycles. The molecule has 1 atom stereocenters. The smallest absolute Gasteiger partial charge is 0.238 e. The van der Waals surface area contributed by atoms with Crippen molar-refractivity contribution in [3.8, 4) is 11.5 Å². The molecule has 2 aromatic carbocycles. The number of hydrogen-bond acceptors (Lipinski definition) is 5. The summed E-state index contributed by atoms with van der Waals surface area (Å²) in [5.74, 6) is 0.965. The van der Waals surface area contributed by atoms with Crippen LogP contribution in [0.5, 0.6) is 11.5 Å². The molecule has 0 aliphatic rings. The van der Waals surface area contributed by atoms with E-state index in [9.17, 15) is 13.2 Å². The van der Waals surface area contributed by atoms with Crippen LogP contribution in [0.3, 0.4) is 0 Å². The third kappa shape index (κ3) is 7.14. The number of sulfone groups is 1. The summed E-state index contributed by atoms with van der Waals surface area (Å²) in [6.07, 6.45) is 1.20. The van der Waals surface area contributed by atoms with E-state index in [1.165, 1.54) is 6.26 Å². The number of carbonyl (C=O) groups excluding carboxylic acids is 1. The van der Waals surface area contributed by atoms with E-state index in [-0.39, 0.29) is 24.2 Å². The van der Waals surface area contributed by atoms with Gasteiger partial charge in [0.05, 0.1) is 17.3 Å². The van der Waals surface area contributed by atoms with Gasteiger partial charge in [-0.15, -0.1) is 0 Å². The van der Waals surface area contributed by atoms with E-state index in [4.69, 9.17) is 16.3 Å². The zero-order chi connectivity index (χ0) is 20.7. The molecule has 0 radical (unpaired) electrons. The van der Waals surface area contributed by atoms with Crippen LogP contribution in [0, 0.1) is 0 Å². The molecule has 2 rings (SSSR count). The standard InChI is InChI=1S/C20H25ClN2O4S/c1-4-23(15(2)14-28(3,25)26)13-20(24)22-16-9-11-17(12-10-16)27-19-8-6-5-7-18(19)21/h5-12,15H,4,13-14H2,1-3H3,(H,22,24). The Morgan fingerprint density at radius 3 is 2.39 bits per heavy atom. The molecule has 28 heavy (non-hydrogen) atoms. The maximum atomic E-state index is 12.3. The Kier molecular flexibility index (Phi) is 7.86. The summed E-state index contributed by atoms with van der Waals surface area (Å²) in [5, 5.41) is 3.33. The van der Waals surface area contributed by atoms with Crippen molar-refractivity contribution in [1.82, 2.24) is 4.90 Å². The number of para-hydroxylation sites is 1. The number of anilines is 1. The second kappa shape index (κ2) is 9.91. The summed E-state index contributed by atoms with van der Waals surface area (Å²) < 4.78 is 28.7. The van der Waals surface area contributed by atoms with Gasteiger partial charge in [-0.1, -0.05) is 30.7 Å². The maximum Gasteiger partial charge on any atom is 0.238 e. The number of carbonyl (C=O) groups is 1. The number of ether oxygens (including phenoxy) is 1. The third-order valence-corrected chi connectivity index (χ3v) is 5.52. The highest BCUT2D eigenvalue weighted by Gasteiger charge is 2.19. The molecule has 0 spiro atoms. The predicted octanol–water partition coefficient (Wildman–Crippen LogP) is 3.83. The van der Waals surface area contributed by atoms with Crippen molar-refractivity contribution in [1.29, 1.82) is 0 Å². The lowest BCUT2D eigenvalue weighted by atomic mass is 10.2. The molecule has 0 bridgehead atoms. The Balaban J connectivity index is 1.93. The van der Waals surface area contributed by atoms with Crippen molar-refractivity contribution < 1.29 is 17.9 Å². The molecule has 6 nitrogen and oxygen atoms in total. The van der Waals surface area contributed by atoms with Crippen molar-refractivity contribution in [2.45, 2.75) is 19.9 Å². The number of rotatable bonds is 9. The van der Waals surface area contributed by atoms with Gasteiger partial charge in [0.15, 0.2) is 0 Å². The fourth-order valence-electron chi connectivity index (χ4n) is 2.77. The van der Waals surface area contributed by atoms with Crippen LogP contribution in [0.4, 0.5) is 5.69 Å². The molecular formula is C20H25ClN2O4S. The maximum absolute atomic E-state index is 12.3. The van der Waals surface area contributed by atoms with Crippen molar-refractivity contribution in [2.24, 2.45) is 0 Å². The monoisotopic (exact) mass is 424 g/mol. The Morgan fingerprint density at radius 1 is 1.18 bits per heavy atom. The molecule has 0 fully saturated rings. The zero-order valence-electron chi connectivity index (χ0n) is 16.2. The molecule has 0 heterocycles. The van der Waals surface area contributed by atoms with E-state index >= 15 is 0 Å². The lowest BCUT2D eigenvalue weighted by Crippen LogP contribution is -2.42. The third-order valence-electron chi connectivity index (χ3n) is 4.12. The zero-order valence-corrected chi connectivity index (χ0v) is 17.8. The first-order valence-electron chi connectivity index (χ1n) is 8.92. The Hall–Kier alpha value is -2.09. The summed E-state index contributed by atoms with van der Waals surface area (Å²) in [4.78, 5) is 14.1. The van der Waals surface area contributed by atoms with Crippen LogP contribution < -0.4 is 10.1 Å². The van der Waals surface area contributed by atoms with E-state index < -0.39 is 9.84 Å². The molecule has 152 valence electrons. The van der Waals surface area contributed by atoms with Crippen molar-refractivity contribution in [2.75, 3.05) is 30.4 Å². The van der Waals surface area contributed by atoms with Crippen LogP contribution in [0.15, 0.2) is 48.5 Å². The van der Waals surface area contributed by atoms with E-state index in [2.05, 4.69) is 5.32 Å². The van der Waals surface area contributed by atoms with Crippen molar-refractivity contribution in [3.05, 3.63) is 53.6 Å². The predicted molar refractivity (Wildman–Crippen MR) is 113 cm³/mol. The van der Waals surface area contributed by atoms with E-state index in [0.717, 1.165) is 0 Å². The van der Waals surface area contributed by atoms with Gasteiger partial charge in [-0.2, -0.15) is 0 Å². The number of amides is 1. The second-order valence-corrected chi connectivity index (χ2v) is 9.20. The van der Waals surface area contributed by atoms with Gasteiger partial charge >= 0.3 is 0 Å². The Bertz CT molecular complexity index is 901. The summed E-state index contributed by atoms with van der Waals surface area (Å²) in [7, 11) is -3.10. The van der Waals surface area contributed by atoms with Crippen LogP contribution in [0.25, 0.3) is 0 Å². The van der Waals surface area contributed by atoms with Crippen molar-refractivity contribution in [3.63, 3.8) is 0 Å². The molecular weight excluding hydrogens is 400 g/mol. The summed E-state index contributed by atoms with van der Waals surface area (Å²) in [6.45, 7) is 4.39. The van der Waals surface area contributed by atoms with E-state index in [1.807, 2.05) is 24.0 Å².